The third kappa shape index (κ3) is 9.96. The van der Waals surface area contributed by atoms with Gasteiger partial charge in [-0.1, -0.05) is 0 Å². The zero-order valence-corrected chi connectivity index (χ0v) is 31.0. The molecule has 3 fully saturated rings. The van der Waals surface area contributed by atoms with Crippen molar-refractivity contribution in [1.29, 1.82) is 0 Å². The van der Waals surface area contributed by atoms with E-state index in [2.05, 4.69) is 46.5 Å². The van der Waals surface area contributed by atoms with Gasteiger partial charge in [0.1, 0.15) is 0 Å². The van der Waals surface area contributed by atoms with Crippen LogP contribution >= 0.6 is 0 Å². The van der Waals surface area contributed by atoms with E-state index in [1.165, 1.54) is 61.0 Å². The molecule has 0 spiro atoms. The summed E-state index contributed by atoms with van der Waals surface area (Å²) in [5, 5.41) is 0. The number of furan rings is 1. The number of aromatic nitrogens is 2. The fraction of sp³-hybridized carbons (Fsp3) is 0.800. The number of anilines is 1. The number of morpholine rings is 2. The quantitative estimate of drug-likeness (QED) is 0.281. The molecule has 0 saturated carbocycles. The number of fused-ring (bicyclic) bond motifs is 1. The Morgan fingerprint density at radius 1 is 0.850 bits per heavy atom. The van der Waals surface area contributed by atoms with Crippen molar-refractivity contribution >= 4 is 63.0 Å². The number of rotatable bonds is 13. The zero-order chi connectivity index (χ0) is 28.2. The Kier molecular flexibility index (Phi) is 14.6. The summed E-state index contributed by atoms with van der Waals surface area (Å²) in [7, 11) is 0. The van der Waals surface area contributed by atoms with Gasteiger partial charge in [0.2, 0.25) is 0 Å². The molecule has 0 unspecified atom stereocenters. The molecule has 0 aliphatic carbocycles. The van der Waals surface area contributed by atoms with Crippen LogP contribution in [-0.4, -0.2) is 134 Å². The summed E-state index contributed by atoms with van der Waals surface area (Å²) < 4.78 is 23.1. The van der Waals surface area contributed by atoms with E-state index in [9.17, 15) is 0 Å². The number of hydrogen-bond donors (Lipinski definition) is 0. The predicted octanol–water partition coefficient (Wildman–Crippen LogP) is 4.25. The topological polar surface area (TPSA) is 67.1 Å². The van der Waals surface area contributed by atoms with Crippen LogP contribution in [0.1, 0.15) is 65.1 Å². The van der Waals surface area contributed by atoms with Crippen LogP contribution in [0, 0.1) is 0 Å². The van der Waals surface area contributed by atoms with E-state index in [1.54, 1.807) is 13.3 Å². The second-order valence-corrected chi connectivity index (χ2v) is 21.3. The molecule has 5 heterocycles. The molecule has 222 valence electrons. The third-order valence-electron chi connectivity index (χ3n) is 8.25. The van der Waals surface area contributed by atoms with Gasteiger partial charge in [-0.15, -0.1) is 0 Å². The molecule has 40 heavy (non-hydrogen) atoms. The van der Waals surface area contributed by atoms with Crippen molar-refractivity contribution in [2.45, 2.75) is 85.2 Å². The Morgan fingerprint density at radius 3 is 2.00 bits per heavy atom. The van der Waals surface area contributed by atoms with Crippen molar-refractivity contribution in [3.05, 3.63) is 11.8 Å². The molecule has 0 N–H and O–H groups in total. The van der Waals surface area contributed by atoms with Gasteiger partial charge in [-0.25, -0.2) is 0 Å². The maximum absolute atomic E-state index is 6.22. The first-order valence-corrected chi connectivity index (χ1v) is 23.3. The van der Waals surface area contributed by atoms with E-state index in [-0.39, 0.29) is 0 Å². The second-order valence-electron chi connectivity index (χ2n) is 11.5. The van der Waals surface area contributed by atoms with Crippen molar-refractivity contribution in [2.24, 2.45) is 0 Å². The molecule has 3 aliphatic rings. The molecular formula is C30H51N5O3Sn2. The first kappa shape index (κ1) is 32.8. The monoisotopic (exact) mass is 769 g/mol. The average molecular weight is 767 g/mol. The Balaban J connectivity index is 0.000000243. The standard InChI is InChI=1S/C18H24N5O3.3C4H9.2Sn/c1-5-24-6-2-22(1)14-10-21(11-14)12-15-9-16-17(26-15)18(20-13-19-16)23-3-7-25-8-4-23;3*1-3-4-2;;/h9,14H,1-8,10-12H2;3*1,3-4H2,2H3;;. The summed E-state index contributed by atoms with van der Waals surface area (Å²) in [6, 6.07) is 2.75. The van der Waals surface area contributed by atoms with E-state index >= 15 is 0 Å². The van der Waals surface area contributed by atoms with Crippen LogP contribution in [0.2, 0.25) is 13.3 Å². The molecule has 3 saturated heterocycles. The maximum atomic E-state index is 6.22. The van der Waals surface area contributed by atoms with Crippen molar-refractivity contribution in [3.8, 4) is 0 Å². The molecule has 8 nitrogen and oxygen atoms in total. The van der Waals surface area contributed by atoms with Crippen molar-refractivity contribution in [1.82, 2.24) is 19.8 Å². The summed E-state index contributed by atoms with van der Waals surface area (Å²) >= 11 is 0.386. The van der Waals surface area contributed by atoms with Crippen molar-refractivity contribution in [2.75, 3.05) is 70.6 Å². The zero-order valence-electron chi connectivity index (χ0n) is 25.3. The molecule has 10 heteroatoms. The number of unbranched alkanes of at least 4 members (excludes halogenated alkanes) is 3. The van der Waals surface area contributed by atoms with Gasteiger partial charge in [-0.2, -0.15) is 0 Å². The summed E-state index contributed by atoms with van der Waals surface area (Å²) in [5.74, 6) is 1.91. The van der Waals surface area contributed by atoms with Gasteiger partial charge >= 0.3 is 260 Å². The van der Waals surface area contributed by atoms with Gasteiger partial charge < -0.3 is 4.74 Å². The fourth-order valence-corrected chi connectivity index (χ4v) is 15.8. The Bertz CT molecular complexity index is 972. The molecule has 5 rings (SSSR count). The molecular weight excluding hydrogens is 716 g/mol. The normalized spacial score (nSPS) is 19.2. The molecule has 3 aliphatic heterocycles. The number of ether oxygens (including phenoxy) is 2. The van der Waals surface area contributed by atoms with Crippen LogP contribution in [0.4, 0.5) is 5.82 Å². The predicted molar refractivity (Wildman–Crippen MR) is 167 cm³/mol. The Labute approximate surface area is 262 Å². The van der Waals surface area contributed by atoms with Crippen molar-refractivity contribution in [3.63, 3.8) is 0 Å². The molecule has 0 aromatic carbocycles. The summed E-state index contributed by atoms with van der Waals surface area (Å²) in [6.45, 7) is 17.1. The summed E-state index contributed by atoms with van der Waals surface area (Å²) in [4.78, 5) is 16.6. The second kappa shape index (κ2) is 17.8. The fourth-order valence-electron chi connectivity index (χ4n) is 5.75. The molecule has 2 aromatic heterocycles. The van der Waals surface area contributed by atoms with Crippen molar-refractivity contribution < 1.29 is 13.9 Å². The minimum atomic E-state index is -0.839. The van der Waals surface area contributed by atoms with Crippen LogP contribution in [0.15, 0.2) is 10.5 Å². The van der Waals surface area contributed by atoms with E-state index in [0.29, 0.717) is 6.04 Å². The van der Waals surface area contributed by atoms with Gasteiger partial charge in [0.25, 0.3) is 0 Å². The molecule has 0 amide bonds. The number of likely N-dealkylation sites (tertiary alicyclic amines) is 1. The van der Waals surface area contributed by atoms with E-state index in [4.69, 9.17) is 18.9 Å². The van der Waals surface area contributed by atoms with E-state index < -0.39 is 19.8 Å². The van der Waals surface area contributed by atoms with E-state index in [0.717, 1.165) is 98.8 Å². The van der Waals surface area contributed by atoms with Crippen LogP contribution in [0.3, 0.4) is 0 Å². The van der Waals surface area contributed by atoms with Crippen LogP contribution in [0.5, 0.6) is 0 Å². The van der Waals surface area contributed by atoms with Gasteiger partial charge in [0, 0.05) is 0 Å². The Hall–Kier alpha value is -0.143. The molecule has 2 aromatic rings. The number of nitrogens with zero attached hydrogens (tertiary/aromatic N) is 5. The first-order valence-electron chi connectivity index (χ1n) is 15.8. The van der Waals surface area contributed by atoms with E-state index in [1.807, 2.05) is 0 Å². The van der Waals surface area contributed by atoms with Gasteiger partial charge in [0.15, 0.2) is 0 Å². The van der Waals surface area contributed by atoms with Gasteiger partial charge in [-0.05, 0) is 0 Å². The average Bonchev–Trinajstić information content (AvgIpc) is 3.37. The molecule has 0 bridgehead atoms. The SMILES string of the molecule is CCC[CH2][Sn]([CH2]CCC)[CH2]CCC.[Sn][c]1nc(N2CCOCC2)c2oc(CN3CC(N4CCOCC4)C3)cc2n1. The van der Waals surface area contributed by atoms with Gasteiger partial charge in [0.05, 0.1) is 0 Å². The minimum absolute atomic E-state index is 0.660. The third-order valence-corrected chi connectivity index (χ3v) is 18.0. The summed E-state index contributed by atoms with van der Waals surface area (Å²) in [5.41, 5.74) is 1.75. The molecule has 4 radical (unpaired) electrons. The van der Waals surface area contributed by atoms with Crippen LogP contribution < -0.4 is 8.74 Å². The Morgan fingerprint density at radius 2 is 1.43 bits per heavy atom. The first-order chi connectivity index (χ1) is 19.6. The summed E-state index contributed by atoms with van der Waals surface area (Å²) in [6.07, 6.45) is 8.85. The van der Waals surface area contributed by atoms with Crippen LogP contribution in [-0.2, 0) is 16.0 Å². The van der Waals surface area contributed by atoms with Gasteiger partial charge in [-0.3, -0.25) is 0 Å². The molecule has 0 atom stereocenters. The van der Waals surface area contributed by atoms with Crippen LogP contribution in [0.25, 0.3) is 11.1 Å². The number of hydrogen-bond acceptors (Lipinski definition) is 8.